The molecule has 0 aliphatic heterocycles. The average Bonchev–Trinajstić information content (AvgIpc) is 3.49. The Balaban J connectivity index is 1.67. The number of ether oxygens (including phenoxy) is 1. The highest BCUT2D eigenvalue weighted by molar-refractivity contribution is 5.68. The first kappa shape index (κ1) is 24.2. The minimum atomic E-state index is -0.597. The van der Waals surface area contributed by atoms with E-state index in [9.17, 15) is 4.79 Å². The number of benzene rings is 1. The SMILES string of the molecule is CCCn1c(-c2ccc(-n3ccnc3)cc2)cnc1C(Cc1ccccn1)NC(=O)OC(C)(C)C. The maximum absolute atomic E-state index is 12.7. The van der Waals surface area contributed by atoms with E-state index in [1.165, 1.54) is 0 Å². The smallest absolute Gasteiger partial charge is 0.408 e. The fraction of sp³-hybridized carbons (Fsp3) is 0.333. The van der Waals surface area contributed by atoms with E-state index in [-0.39, 0.29) is 0 Å². The number of aromatic nitrogens is 5. The minimum absolute atomic E-state index is 0.398. The van der Waals surface area contributed by atoms with Gasteiger partial charge >= 0.3 is 6.09 Å². The molecule has 1 amide bonds. The van der Waals surface area contributed by atoms with Gasteiger partial charge in [-0.05, 0) is 57.0 Å². The standard InChI is InChI=1S/C27H32N6O2/c1-5-15-33-24(20-9-11-22(12-10-20)32-16-14-28-19-32)18-30-25(33)23(17-21-8-6-7-13-29-21)31-26(34)35-27(2,3)4/h6-14,16,18-19,23H,5,15,17H2,1-4H3,(H,31,34). The van der Waals surface area contributed by atoms with Gasteiger partial charge in [0.15, 0.2) is 0 Å². The van der Waals surface area contributed by atoms with Crippen molar-refractivity contribution < 1.29 is 9.53 Å². The molecule has 35 heavy (non-hydrogen) atoms. The molecule has 4 aromatic rings. The van der Waals surface area contributed by atoms with Crippen LogP contribution >= 0.6 is 0 Å². The average molecular weight is 473 g/mol. The van der Waals surface area contributed by atoms with Crippen LogP contribution in [0.25, 0.3) is 16.9 Å². The summed E-state index contributed by atoms with van der Waals surface area (Å²) in [6.45, 7) is 8.45. The second-order valence-corrected chi connectivity index (χ2v) is 9.39. The zero-order valence-electron chi connectivity index (χ0n) is 20.7. The summed E-state index contributed by atoms with van der Waals surface area (Å²) in [5.41, 5.74) is 3.35. The highest BCUT2D eigenvalue weighted by Gasteiger charge is 2.26. The number of carbonyl (C=O) groups is 1. The maximum Gasteiger partial charge on any atom is 0.408 e. The quantitative estimate of drug-likeness (QED) is 0.374. The summed E-state index contributed by atoms with van der Waals surface area (Å²) < 4.78 is 9.69. The Morgan fingerprint density at radius 1 is 1.09 bits per heavy atom. The molecule has 0 spiro atoms. The number of carbonyl (C=O) groups excluding carboxylic acids is 1. The van der Waals surface area contributed by atoms with Crippen molar-refractivity contribution in [3.63, 3.8) is 0 Å². The van der Waals surface area contributed by atoms with Crippen LogP contribution in [0.5, 0.6) is 0 Å². The summed E-state index contributed by atoms with van der Waals surface area (Å²) in [7, 11) is 0. The molecule has 3 heterocycles. The molecule has 1 atom stereocenters. The van der Waals surface area contributed by atoms with Crippen LogP contribution in [0.2, 0.25) is 0 Å². The van der Waals surface area contributed by atoms with Crippen molar-refractivity contribution in [3.05, 3.63) is 85.1 Å². The third-order valence-corrected chi connectivity index (χ3v) is 5.44. The van der Waals surface area contributed by atoms with Crippen LogP contribution in [0, 0.1) is 0 Å². The molecule has 0 radical (unpaired) electrons. The van der Waals surface area contributed by atoms with E-state index in [2.05, 4.69) is 51.0 Å². The van der Waals surface area contributed by atoms with E-state index in [0.29, 0.717) is 6.42 Å². The van der Waals surface area contributed by atoms with Crippen LogP contribution in [-0.4, -0.2) is 35.8 Å². The molecule has 1 aromatic carbocycles. The van der Waals surface area contributed by atoms with Gasteiger partial charge in [0.2, 0.25) is 0 Å². The molecule has 1 unspecified atom stereocenters. The van der Waals surface area contributed by atoms with Crippen LogP contribution in [0.4, 0.5) is 4.79 Å². The van der Waals surface area contributed by atoms with Crippen molar-refractivity contribution in [2.24, 2.45) is 0 Å². The third kappa shape index (κ3) is 6.15. The lowest BCUT2D eigenvalue weighted by atomic mass is 10.1. The fourth-order valence-corrected chi connectivity index (χ4v) is 3.96. The van der Waals surface area contributed by atoms with Gasteiger partial charge in [0.1, 0.15) is 11.4 Å². The van der Waals surface area contributed by atoms with Gasteiger partial charge in [-0.15, -0.1) is 0 Å². The molecular weight excluding hydrogens is 440 g/mol. The number of hydrogen-bond donors (Lipinski definition) is 1. The molecule has 0 saturated carbocycles. The molecule has 1 N–H and O–H groups in total. The molecule has 0 saturated heterocycles. The van der Waals surface area contributed by atoms with Gasteiger partial charge in [0.25, 0.3) is 0 Å². The van der Waals surface area contributed by atoms with Crippen molar-refractivity contribution in [1.82, 2.24) is 29.4 Å². The Bertz CT molecular complexity index is 1230. The zero-order chi connectivity index (χ0) is 24.8. The first-order chi connectivity index (χ1) is 16.8. The van der Waals surface area contributed by atoms with Gasteiger partial charge in [0, 0.05) is 42.9 Å². The summed E-state index contributed by atoms with van der Waals surface area (Å²) in [6, 6.07) is 13.7. The van der Waals surface area contributed by atoms with Crippen molar-refractivity contribution in [1.29, 1.82) is 0 Å². The lowest BCUT2D eigenvalue weighted by Crippen LogP contribution is -2.37. The fourth-order valence-electron chi connectivity index (χ4n) is 3.96. The van der Waals surface area contributed by atoms with Crippen LogP contribution in [-0.2, 0) is 17.7 Å². The topological polar surface area (TPSA) is 86.9 Å². The van der Waals surface area contributed by atoms with Gasteiger partial charge in [-0.25, -0.2) is 14.8 Å². The molecule has 4 rings (SSSR count). The number of rotatable bonds is 8. The maximum atomic E-state index is 12.7. The first-order valence-electron chi connectivity index (χ1n) is 11.9. The number of nitrogens with zero attached hydrogens (tertiary/aromatic N) is 5. The van der Waals surface area contributed by atoms with Crippen molar-refractivity contribution in [2.45, 2.75) is 58.7 Å². The molecule has 3 aromatic heterocycles. The first-order valence-corrected chi connectivity index (χ1v) is 11.9. The lowest BCUT2D eigenvalue weighted by Gasteiger charge is -2.24. The lowest BCUT2D eigenvalue weighted by molar-refractivity contribution is 0.0500. The summed E-state index contributed by atoms with van der Waals surface area (Å²) in [5, 5.41) is 3.03. The number of alkyl carbamates (subject to hydrolysis) is 1. The van der Waals surface area contributed by atoms with Gasteiger partial charge in [-0.1, -0.05) is 25.1 Å². The largest absolute Gasteiger partial charge is 0.444 e. The van der Waals surface area contributed by atoms with E-state index in [1.54, 1.807) is 18.7 Å². The Morgan fingerprint density at radius 3 is 2.51 bits per heavy atom. The Kier molecular flexibility index (Phi) is 7.29. The van der Waals surface area contributed by atoms with E-state index >= 15 is 0 Å². The molecule has 182 valence electrons. The van der Waals surface area contributed by atoms with Crippen LogP contribution in [0.3, 0.4) is 0 Å². The molecule has 8 nitrogen and oxygen atoms in total. The van der Waals surface area contributed by atoms with Gasteiger partial charge < -0.3 is 19.2 Å². The molecule has 0 fully saturated rings. The highest BCUT2D eigenvalue weighted by atomic mass is 16.6. The Morgan fingerprint density at radius 2 is 1.89 bits per heavy atom. The molecular formula is C27H32N6O2. The van der Waals surface area contributed by atoms with Gasteiger partial charge in [-0.2, -0.15) is 0 Å². The number of amides is 1. The van der Waals surface area contributed by atoms with E-state index in [4.69, 9.17) is 9.72 Å². The number of imidazole rings is 2. The summed E-state index contributed by atoms with van der Waals surface area (Å²) in [4.78, 5) is 26.1. The minimum Gasteiger partial charge on any atom is -0.444 e. The summed E-state index contributed by atoms with van der Waals surface area (Å²) in [6.07, 6.45) is 10.0. The van der Waals surface area contributed by atoms with Crippen molar-refractivity contribution >= 4 is 6.09 Å². The van der Waals surface area contributed by atoms with Gasteiger partial charge in [-0.3, -0.25) is 4.98 Å². The zero-order valence-corrected chi connectivity index (χ0v) is 20.7. The normalized spacial score (nSPS) is 12.3. The Labute approximate surface area is 206 Å². The summed E-state index contributed by atoms with van der Waals surface area (Å²) >= 11 is 0. The monoisotopic (exact) mass is 472 g/mol. The second-order valence-electron chi connectivity index (χ2n) is 9.39. The van der Waals surface area contributed by atoms with E-state index < -0.39 is 17.7 Å². The third-order valence-electron chi connectivity index (χ3n) is 5.44. The predicted octanol–water partition coefficient (Wildman–Crippen LogP) is 5.35. The van der Waals surface area contributed by atoms with Crippen LogP contribution in [0.1, 0.15) is 51.7 Å². The number of nitrogens with one attached hydrogen (secondary N) is 1. The van der Waals surface area contributed by atoms with Crippen LogP contribution < -0.4 is 5.32 Å². The van der Waals surface area contributed by atoms with Crippen molar-refractivity contribution in [3.8, 4) is 16.9 Å². The highest BCUT2D eigenvalue weighted by Crippen LogP contribution is 2.27. The summed E-state index contributed by atoms with van der Waals surface area (Å²) in [5.74, 6) is 0.775. The van der Waals surface area contributed by atoms with E-state index in [1.807, 2.05) is 55.9 Å². The predicted molar refractivity (Wildman–Crippen MR) is 135 cm³/mol. The Hall–Kier alpha value is -3.94. The van der Waals surface area contributed by atoms with Crippen molar-refractivity contribution in [2.75, 3.05) is 0 Å². The van der Waals surface area contributed by atoms with E-state index in [0.717, 1.165) is 41.4 Å². The molecule has 0 bridgehead atoms. The number of pyridine rings is 1. The molecule has 0 aliphatic rings. The molecule has 0 aliphatic carbocycles. The van der Waals surface area contributed by atoms with Crippen LogP contribution in [0.15, 0.2) is 73.6 Å². The molecule has 8 heteroatoms. The second kappa shape index (κ2) is 10.5. The van der Waals surface area contributed by atoms with Gasteiger partial charge in [0.05, 0.1) is 24.3 Å². The number of hydrogen-bond acceptors (Lipinski definition) is 5.